The molecule has 2 amide bonds. The van der Waals surface area contributed by atoms with Crippen molar-refractivity contribution in [3.05, 3.63) is 0 Å². The highest BCUT2D eigenvalue weighted by molar-refractivity contribution is 6.08. The smallest absolute Gasteiger partial charge is 0.233 e. The highest BCUT2D eigenvalue weighted by Gasteiger charge is 2.49. The van der Waals surface area contributed by atoms with Crippen molar-refractivity contribution in [2.75, 3.05) is 6.54 Å². The molecule has 2 atom stereocenters. The molecule has 0 spiro atoms. The number of fused-ring (bicyclic) bond motifs is 1. The molecule has 5 heteroatoms. The van der Waals surface area contributed by atoms with Crippen molar-refractivity contribution in [3.63, 3.8) is 0 Å². The average Bonchev–Trinajstić information content (AvgIpc) is 2.59. The lowest BCUT2D eigenvalue weighted by Crippen LogP contribution is -2.32. The number of oxime groups is 1. The molecule has 5 nitrogen and oxygen atoms in total. The second kappa shape index (κ2) is 4.85. The average molecular weight is 238 g/mol. The van der Waals surface area contributed by atoms with Gasteiger partial charge in [-0.05, 0) is 19.3 Å². The van der Waals surface area contributed by atoms with Crippen LogP contribution < -0.4 is 0 Å². The number of rotatable bonds is 3. The third-order valence-electron chi connectivity index (χ3n) is 3.73. The Morgan fingerprint density at radius 1 is 1.35 bits per heavy atom. The summed E-state index contributed by atoms with van der Waals surface area (Å²) in [5.74, 6) is -0.552. The van der Waals surface area contributed by atoms with Crippen molar-refractivity contribution in [2.45, 2.75) is 39.0 Å². The van der Waals surface area contributed by atoms with Crippen LogP contribution in [0.4, 0.5) is 0 Å². The van der Waals surface area contributed by atoms with Crippen LogP contribution in [0.25, 0.3) is 0 Å². The molecule has 0 unspecified atom stereocenters. The molecule has 1 heterocycles. The van der Waals surface area contributed by atoms with E-state index in [0.29, 0.717) is 31.5 Å². The Bertz CT molecular complexity index is 365. The van der Waals surface area contributed by atoms with Gasteiger partial charge in [0.1, 0.15) is 0 Å². The number of likely N-dealkylation sites (tertiary alicyclic amines) is 1. The Labute approximate surface area is 100 Å². The molecule has 1 N–H and O–H groups in total. The lowest BCUT2D eigenvalue weighted by Gasteiger charge is -2.20. The van der Waals surface area contributed by atoms with Crippen LogP contribution in [-0.4, -0.2) is 34.2 Å². The van der Waals surface area contributed by atoms with Gasteiger partial charge in [-0.2, -0.15) is 0 Å². The maximum atomic E-state index is 12.1. The maximum absolute atomic E-state index is 12.1. The lowest BCUT2D eigenvalue weighted by molar-refractivity contribution is -0.139. The molecular formula is C12H18N2O3. The number of carbonyl (C=O) groups is 2. The van der Waals surface area contributed by atoms with Gasteiger partial charge in [-0.25, -0.2) is 0 Å². The third-order valence-corrected chi connectivity index (χ3v) is 3.73. The Morgan fingerprint density at radius 3 is 2.71 bits per heavy atom. The molecule has 1 saturated heterocycles. The van der Waals surface area contributed by atoms with Gasteiger partial charge in [0.25, 0.3) is 0 Å². The van der Waals surface area contributed by atoms with Gasteiger partial charge in [0.2, 0.25) is 11.8 Å². The zero-order valence-electron chi connectivity index (χ0n) is 10.1. The van der Waals surface area contributed by atoms with E-state index in [9.17, 15) is 9.59 Å². The number of hydrogen-bond donors (Lipinski definition) is 1. The zero-order chi connectivity index (χ0) is 12.4. The van der Waals surface area contributed by atoms with Gasteiger partial charge in [0, 0.05) is 13.0 Å². The minimum absolute atomic E-state index is 0.0227. The van der Waals surface area contributed by atoms with E-state index >= 15 is 0 Å². The van der Waals surface area contributed by atoms with Gasteiger partial charge in [-0.1, -0.05) is 18.5 Å². The van der Waals surface area contributed by atoms with Crippen LogP contribution in [0.3, 0.4) is 0 Å². The van der Waals surface area contributed by atoms with Gasteiger partial charge in [-0.15, -0.1) is 0 Å². The molecule has 2 aliphatic rings. The Hall–Kier alpha value is -1.39. The van der Waals surface area contributed by atoms with Crippen LogP contribution in [0, 0.1) is 11.8 Å². The van der Waals surface area contributed by atoms with E-state index in [1.165, 1.54) is 4.90 Å². The number of carbonyl (C=O) groups excluding carboxylic acids is 2. The molecule has 0 aromatic rings. The number of nitrogens with zero attached hydrogens (tertiary/aromatic N) is 2. The van der Waals surface area contributed by atoms with E-state index in [0.717, 1.165) is 12.8 Å². The molecule has 0 bridgehead atoms. The van der Waals surface area contributed by atoms with Crippen molar-refractivity contribution < 1.29 is 14.8 Å². The van der Waals surface area contributed by atoms with Crippen LogP contribution >= 0.6 is 0 Å². The highest BCUT2D eigenvalue weighted by Crippen LogP contribution is 2.37. The number of hydrogen-bond acceptors (Lipinski definition) is 4. The van der Waals surface area contributed by atoms with Crippen LogP contribution in [0.1, 0.15) is 39.0 Å². The molecule has 0 aromatic carbocycles. The summed E-state index contributed by atoms with van der Waals surface area (Å²) in [6.45, 7) is 2.57. The lowest BCUT2D eigenvalue weighted by atomic mass is 9.80. The van der Waals surface area contributed by atoms with Gasteiger partial charge in [0.15, 0.2) is 0 Å². The fourth-order valence-corrected chi connectivity index (χ4v) is 2.71. The van der Waals surface area contributed by atoms with E-state index in [2.05, 4.69) is 5.16 Å². The normalized spacial score (nSPS) is 31.1. The van der Waals surface area contributed by atoms with E-state index in [-0.39, 0.29) is 23.7 Å². The van der Waals surface area contributed by atoms with Crippen molar-refractivity contribution >= 4 is 17.5 Å². The number of imide groups is 1. The minimum Gasteiger partial charge on any atom is -0.411 e. The Kier molecular flexibility index (Phi) is 3.45. The second-order valence-corrected chi connectivity index (χ2v) is 4.80. The molecule has 2 rings (SSSR count). The fraction of sp³-hybridized carbons (Fsp3) is 0.750. The fourth-order valence-electron chi connectivity index (χ4n) is 2.71. The molecule has 1 saturated carbocycles. The van der Waals surface area contributed by atoms with E-state index in [1.54, 1.807) is 0 Å². The summed E-state index contributed by atoms with van der Waals surface area (Å²) >= 11 is 0. The molecule has 17 heavy (non-hydrogen) atoms. The van der Waals surface area contributed by atoms with Crippen molar-refractivity contribution in [3.8, 4) is 0 Å². The minimum atomic E-state index is -0.279. The van der Waals surface area contributed by atoms with Crippen molar-refractivity contribution in [2.24, 2.45) is 17.0 Å². The molecule has 2 fully saturated rings. The van der Waals surface area contributed by atoms with E-state index in [1.807, 2.05) is 6.92 Å². The summed E-state index contributed by atoms with van der Waals surface area (Å²) in [5.41, 5.74) is 0.643. The molecule has 1 aliphatic heterocycles. The Balaban J connectivity index is 2.11. The van der Waals surface area contributed by atoms with E-state index in [4.69, 9.17) is 5.21 Å². The van der Waals surface area contributed by atoms with E-state index < -0.39 is 0 Å². The summed E-state index contributed by atoms with van der Waals surface area (Å²) < 4.78 is 0. The largest absolute Gasteiger partial charge is 0.411 e. The standard InChI is InChI=1S/C12H18N2O3/c1-2-3-6-14-11(15)9-5-4-8(13-17)7-10(9)12(14)16/h9-10,17H,2-7H2,1H3/b13-8+/t9-,10+/m0/s1. The highest BCUT2D eigenvalue weighted by atomic mass is 16.4. The zero-order valence-corrected chi connectivity index (χ0v) is 10.1. The van der Waals surface area contributed by atoms with Crippen LogP contribution in [0.15, 0.2) is 5.16 Å². The molecule has 94 valence electrons. The van der Waals surface area contributed by atoms with Crippen LogP contribution in [-0.2, 0) is 9.59 Å². The van der Waals surface area contributed by atoms with Gasteiger partial charge in [-0.3, -0.25) is 14.5 Å². The first-order chi connectivity index (χ1) is 8.19. The SMILES string of the molecule is CCCCN1C(=O)[C@H]2CC/C(=N\O)C[C@H]2C1=O. The summed E-state index contributed by atoms with van der Waals surface area (Å²) in [6, 6.07) is 0. The Morgan fingerprint density at radius 2 is 2.06 bits per heavy atom. The number of amides is 2. The molecule has 1 aliphatic carbocycles. The maximum Gasteiger partial charge on any atom is 0.233 e. The molecular weight excluding hydrogens is 220 g/mol. The monoisotopic (exact) mass is 238 g/mol. The summed E-state index contributed by atoms with van der Waals surface area (Å²) in [4.78, 5) is 25.5. The topological polar surface area (TPSA) is 70.0 Å². The number of unbranched alkanes of at least 4 members (excludes halogenated alkanes) is 1. The first kappa shape index (κ1) is 12.1. The molecule has 0 radical (unpaired) electrons. The van der Waals surface area contributed by atoms with Gasteiger partial charge < -0.3 is 5.21 Å². The van der Waals surface area contributed by atoms with Gasteiger partial charge >= 0.3 is 0 Å². The summed E-state index contributed by atoms with van der Waals surface area (Å²) in [5, 5.41) is 11.9. The quantitative estimate of drug-likeness (QED) is 0.459. The van der Waals surface area contributed by atoms with Gasteiger partial charge in [0.05, 0.1) is 17.5 Å². The first-order valence-electron chi connectivity index (χ1n) is 6.24. The third kappa shape index (κ3) is 2.06. The predicted octanol–water partition coefficient (Wildman–Crippen LogP) is 1.40. The first-order valence-corrected chi connectivity index (χ1v) is 6.24. The predicted molar refractivity (Wildman–Crippen MR) is 61.7 cm³/mol. The van der Waals surface area contributed by atoms with Crippen LogP contribution in [0.5, 0.6) is 0 Å². The van der Waals surface area contributed by atoms with Crippen LogP contribution in [0.2, 0.25) is 0 Å². The molecule has 0 aromatic heterocycles. The second-order valence-electron chi connectivity index (χ2n) is 4.80. The summed E-state index contributed by atoms with van der Waals surface area (Å²) in [7, 11) is 0. The van der Waals surface area contributed by atoms with Crippen molar-refractivity contribution in [1.82, 2.24) is 4.90 Å². The van der Waals surface area contributed by atoms with Crippen molar-refractivity contribution in [1.29, 1.82) is 0 Å². The summed E-state index contributed by atoms with van der Waals surface area (Å²) in [6.07, 6.45) is 3.53.